The maximum absolute atomic E-state index is 12.6. The molecule has 1 amide bonds. The van der Waals surface area contributed by atoms with Crippen LogP contribution >= 0.6 is 0 Å². The van der Waals surface area contributed by atoms with Crippen molar-refractivity contribution in [2.75, 3.05) is 20.3 Å². The molecule has 8 nitrogen and oxygen atoms in total. The fourth-order valence-electron chi connectivity index (χ4n) is 2.59. The Balaban J connectivity index is 2.20. The van der Waals surface area contributed by atoms with Crippen LogP contribution in [-0.4, -0.2) is 53.9 Å². The summed E-state index contributed by atoms with van der Waals surface area (Å²) in [7, 11) is 1.56. The predicted octanol–water partition coefficient (Wildman–Crippen LogP) is -0.106. The Kier molecular flexibility index (Phi) is 6.57. The van der Waals surface area contributed by atoms with E-state index in [-0.39, 0.29) is 11.4 Å². The summed E-state index contributed by atoms with van der Waals surface area (Å²) in [5.41, 5.74) is 4.69. The molecule has 1 fully saturated rings. The first-order chi connectivity index (χ1) is 12.3. The number of aliphatic hydroxyl groups is 2. The van der Waals surface area contributed by atoms with Gasteiger partial charge in [-0.2, -0.15) is 0 Å². The van der Waals surface area contributed by atoms with E-state index < -0.39 is 24.3 Å². The van der Waals surface area contributed by atoms with Gasteiger partial charge in [0.05, 0.1) is 24.5 Å². The van der Waals surface area contributed by atoms with Gasteiger partial charge in [0.25, 0.3) is 5.91 Å². The molecule has 8 heteroatoms. The Labute approximate surface area is 153 Å². The van der Waals surface area contributed by atoms with Crippen molar-refractivity contribution >= 4 is 11.6 Å². The van der Waals surface area contributed by atoms with E-state index in [4.69, 9.17) is 15.9 Å². The molecule has 2 aliphatic rings. The van der Waals surface area contributed by atoms with E-state index in [2.05, 4.69) is 10.6 Å². The van der Waals surface area contributed by atoms with Crippen LogP contribution in [0, 0.1) is 11.3 Å². The summed E-state index contributed by atoms with van der Waals surface area (Å²) < 4.78 is 5.78. The summed E-state index contributed by atoms with van der Waals surface area (Å²) in [6, 6.07) is 0. The molecule has 144 valence electrons. The van der Waals surface area contributed by atoms with Crippen LogP contribution in [0.25, 0.3) is 0 Å². The van der Waals surface area contributed by atoms with Gasteiger partial charge in [-0.1, -0.05) is 6.42 Å². The van der Waals surface area contributed by atoms with Gasteiger partial charge in [-0.3, -0.25) is 4.79 Å². The summed E-state index contributed by atoms with van der Waals surface area (Å²) in [4.78, 5) is 12.6. The number of nitrogens with one attached hydrogen (secondary N) is 3. The Hall–Kier alpha value is -2.16. The lowest BCUT2D eigenvalue weighted by atomic mass is 9.86. The molecule has 2 rings (SSSR count). The highest BCUT2D eigenvalue weighted by molar-refractivity contribution is 6.14. The second-order valence-corrected chi connectivity index (χ2v) is 6.91. The van der Waals surface area contributed by atoms with Crippen LogP contribution < -0.4 is 16.4 Å². The van der Waals surface area contributed by atoms with Crippen molar-refractivity contribution in [3.05, 3.63) is 35.3 Å². The lowest BCUT2D eigenvalue weighted by molar-refractivity contribution is -0.122. The Morgan fingerprint density at radius 1 is 1.50 bits per heavy atom. The molecule has 0 aromatic rings. The number of hydrogen-bond donors (Lipinski definition) is 6. The zero-order valence-electron chi connectivity index (χ0n) is 15.2. The van der Waals surface area contributed by atoms with Crippen LogP contribution in [0.2, 0.25) is 0 Å². The third kappa shape index (κ3) is 4.51. The van der Waals surface area contributed by atoms with Crippen molar-refractivity contribution in [3.8, 4) is 0 Å². The average molecular weight is 364 g/mol. The fourth-order valence-corrected chi connectivity index (χ4v) is 2.59. The van der Waals surface area contributed by atoms with E-state index in [1.54, 1.807) is 25.3 Å². The third-order valence-electron chi connectivity index (χ3n) is 4.83. The largest absolute Gasteiger partial charge is 0.493 e. The van der Waals surface area contributed by atoms with Crippen molar-refractivity contribution in [2.24, 2.45) is 11.7 Å². The van der Waals surface area contributed by atoms with E-state index in [0.29, 0.717) is 23.9 Å². The topological polar surface area (TPSA) is 141 Å². The zero-order chi connectivity index (χ0) is 19.3. The van der Waals surface area contributed by atoms with Gasteiger partial charge >= 0.3 is 0 Å². The summed E-state index contributed by atoms with van der Waals surface area (Å²) in [5, 5.41) is 32.5. The quantitative estimate of drug-likeness (QED) is 0.262. The van der Waals surface area contributed by atoms with E-state index in [1.165, 1.54) is 26.2 Å². The monoisotopic (exact) mass is 364 g/mol. The molecule has 0 heterocycles. The SMILES string of the molecule is CN/C(C(=O)NC(C)(CO)C(N)O)=C1/C=C(OCC2CCC2)C=CC1=N. The van der Waals surface area contributed by atoms with Crippen LogP contribution in [0.5, 0.6) is 0 Å². The van der Waals surface area contributed by atoms with Crippen LogP contribution in [0.1, 0.15) is 26.2 Å². The van der Waals surface area contributed by atoms with Gasteiger partial charge in [0, 0.05) is 12.6 Å². The second kappa shape index (κ2) is 8.48. The highest BCUT2D eigenvalue weighted by atomic mass is 16.5. The number of allylic oxidation sites excluding steroid dienone is 4. The van der Waals surface area contributed by atoms with Gasteiger partial charge in [-0.25, -0.2) is 0 Å². The molecular weight excluding hydrogens is 336 g/mol. The molecule has 0 aromatic carbocycles. The molecule has 0 aromatic heterocycles. The van der Waals surface area contributed by atoms with Crippen LogP contribution in [-0.2, 0) is 9.53 Å². The van der Waals surface area contributed by atoms with E-state index >= 15 is 0 Å². The summed E-state index contributed by atoms with van der Waals surface area (Å²) in [6.45, 7) is 1.52. The average Bonchev–Trinajstić information content (AvgIpc) is 2.56. The van der Waals surface area contributed by atoms with Crippen molar-refractivity contribution in [1.29, 1.82) is 5.41 Å². The zero-order valence-corrected chi connectivity index (χ0v) is 15.2. The number of rotatable bonds is 8. The molecule has 2 atom stereocenters. The van der Waals surface area contributed by atoms with Gasteiger partial charge in [0.1, 0.15) is 17.7 Å². The number of nitrogens with two attached hydrogens (primary N) is 1. The minimum absolute atomic E-state index is 0.129. The van der Waals surface area contributed by atoms with E-state index in [1.807, 2.05) is 0 Å². The van der Waals surface area contributed by atoms with E-state index in [0.717, 1.165) is 0 Å². The molecule has 2 unspecified atom stereocenters. The van der Waals surface area contributed by atoms with Crippen molar-refractivity contribution < 1.29 is 19.7 Å². The molecule has 26 heavy (non-hydrogen) atoms. The molecule has 2 aliphatic carbocycles. The molecule has 0 saturated heterocycles. The Morgan fingerprint density at radius 3 is 2.69 bits per heavy atom. The van der Waals surface area contributed by atoms with Crippen molar-refractivity contribution in [3.63, 3.8) is 0 Å². The highest BCUT2D eigenvalue weighted by Crippen LogP contribution is 2.28. The predicted molar refractivity (Wildman–Crippen MR) is 98.2 cm³/mol. The summed E-state index contributed by atoms with van der Waals surface area (Å²) in [5.74, 6) is 0.576. The minimum atomic E-state index is -1.44. The third-order valence-corrected chi connectivity index (χ3v) is 4.83. The number of amides is 1. The Morgan fingerprint density at radius 2 is 2.19 bits per heavy atom. The lowest BCUT2D eigenvalue weighted by Crippen LogP contribution is -2.61. The van der Waals surface area contributed by atoms with Gasteiger partial charge in [-0.05, 0) is 43.9 Å². The van der Waals surface area contributed by atoms with Crippen LogP contribution in [0.4, 0.5) is 0 Å². The number of carbonyl (C=O) groups excluding carboxylic acids is 1. The fraction of sp³-hybridized carbons (Fsp3) is 0.556. The number of carbonyl (C=O) groups is 1. The van der Waals surface area contributed by atoms with Crippen molar-refractivity contribution in [1.82, 2.24) is 10.6 Å². The summed E-state index contributed by atoms with van der Waals surface area (Å²) in [6.07, 6.45) is 7.04. The first kappa shape index (κ1) is 20.2. The summed E-state index contributed by atoms with van der Waals surface area (Å²) >= 11 is 0. The molecule has 0 bridgehead atoms. The molecular formula is C18H28N4O4. The number of likely N-dealkylation sites (N-methyl/N-ethyl adjacent to an activating group) is 1. The molecule has 1 saturated carbocycles. The molecule has 7 N–H and O–H groups in total. The Bertz CT molecular complexity index is 650. The van der Waals surface area contributed by atoms with Gasteiger partial charge in [0.2, 0.25) is 0 Å². The molecule has 0 aliphatic heterocycles. The van der Waals surface area contributed by atoms with Crippen LogP contribution in [0.3, 0.4) is 0 Å². The van der Waals surface area contributed by atoms with Gasteiger partial charge in [-0.15, -0.1) is 0 Å². The first-order valence-corrected chi connectivity index (χ1v) is 8.71. The molecule has 0 spiro atoms. The normalized spacial score (nSPS) is 22.7. The molecule has 0 radical (unpaired) electrons. The van der Waals surface area contributed by atoms with Gasteiger partial charge < -0.3 is 36.7 Å². The van der Waals surface area contributed by atoms with Crippen molar-refractivity contribution in [2.45, 2.75) is 38.0 Å². The smallest absolute Gasteiger partial charge is 0.268 e. The lowest BCUT2D eigenvalue weighted by Gasteiger charge is -2.32. The maximum atomic E-state index is 12.6. The highest BCUT2D eigenvalue weighted by Gasteiger charge is 2.33. The number of aliphatic hydroxyl groups excluding tert-OH is 2. The number of hydrogen-bond acceptors (Lipinski definition) is 7. The number of ether oxygens (including phenoxy) is 1. The van der Waals surface area contributed by atoms with E-state index in [9.17, 15) is 15.0 Å². The van der Waals surface area contributed by atoms with Crippen LogP contribution in [0.15, 0.2) is 35.3 Å². The van der Waals surface area contributed by atoms with Gasteiger partial charge in [0.15, 0.2) is 0 Å². The minimum Gasteiger partial charge on any atom is -0.493 e. The standard InChI is InChI=1S/C18H28N4O4/c1-18(10-23,17(20)25)22-16(24)15(21-2)13-8-12(6-7-14(13)19)26-9-11-4-3-5-11/h6-8,11,17,19,21,23,25H,3-5,9-10,20H2,1-2H3,(H,22,24)/b15-13-,19-14?. The first-order valence-electron chi connectivity index (χ1n) is 8.71. The maximum Gasteiger partial charge on any atom is 0.268 e. The second-order valence-electron chi connectivity index (χ2n) is 6.91.